The van der Waals surface area contributed by atoms with Crippen LogP contribution in [0.3, 0.4) is 0 Å². The summed E-state index contributed by atoms with van der Waals surface area (Å²) < 4.78 is 5.78. The van der Waals surface area contributed by atoms with Crippen LogP contribution in [0.4, 0.5) is 0 Å². The van der Waals surface area contributed by atoms with Gasteiger partial charge in [0.1, 0.15) is 0 Å². The summed E-state index contributed by atoms with van der Waals surface area (Å²) in [5, 5.41) is 5.22. The monoisotopic (exact) mass is 270 g/mol. The number of hydrogen-bond donors (Lipinski definition) is 1. The van der Waals surface area contributed by atoms with Crippen molar-refractivity contribution in [2.75, 3.05) is 19.7 Å². The molecule has 3 nitrogen and oxygen atoms in total. The number of thioether (sulfide) groups is 1. The lowest BCUT2D eigenvalue weighted by Gasteiger charge is -2.24. The summed E-state index contributed by atoms with van der Waals surface area (Å²) in [4.78, 5) is 4.61. The van der Waals surface area contributed by atoms with E-state index in [1.54, 1.807) is 0 Å². The molecule has 0 saturated carbocycles. The normalized spacial score (nSPS) is 32.7. The molecular weight excluding hydrogens is 244 g/mol. The second-order valence-corrected chi connectivity index (χ2v) is 8.20. The van der Waals surface area contributed by atoms with Gasteiger partial charge in [-0.15, -0.1) is 0 Å². The number of nitrogens with one attached hydrogen (secondary N) is 1. The van der Waals surface area contributed by atoms with Gasteiger partial charge in [-0.25, -0.2) is 0 Å². The van der Waals surface area contributed by atoms with E-state index in [1.165, 1.54) is 12.8 Å². The van der Waals surface area contributed by atoms with Crippen molar-refractivity contribution in [3.05, 3.63) is 0 Å². The first kappa shape index (κ1) is 14.2. The highest BCUT2D eigenvalue weighted by molar-refractivity contribution is 8.14. The Hall–Kier alpha value is -0.220. The number of hydrogen-bond acceptors (Lipinski definition) is 4. The summed E-state index contributed by atoms with van der Waals surface area (Å²) in [6.07, 6.45) is 3.56. The molecule has 104 valence electrons. The van der Waals surface area contributed by atoms with Crippen molar-refractivity contribution in [3.63, 3.8) is 0 Å². The fourth-order valence-corrected chi connectivity index (χ4v) is 3.90. The Kier molecular flexibility index (Phi) is 4.27. The van der Waals surface area contributed by atoms with Crippen molar-refractivity contribution in [3.8, 4) is 0 Å². The van der Waals surface area contributed by atoms with Crippen molar-refractivity contribution < 1.29 is 4.74 Å². The van der Waals surface area contributed by atoms with Gasteiger partial charge in [0, 0.05) is 18.4 Å². The van der Waals surface area contributed by atoms with Crippen molar-refractivity contribution in [2.24, 2.45) is 10.4 Å². The van der Waals surface area contributed by atoms with Crippen molar-refractivity contribution in [2.45, 2.75) is 57.8 Å². The third-order valence-corrected chi connectivity index (χ3v) is 4.62. The van der Waals surface area contributed by atoms with Gasteiger partial charge in [-0.05, 0) is 31.6 Å². The van der Waals surface area contributed by atoms with Gasteiger partial charge in [0.15, 0.2) is 5.17 Å². The third-order valence-electron chi connectivity index (χ3n) is 3.47. The van der Waals surface area contributed by atoms with Gasteiger partial charge in [-0.3, -0.25) is 4.99 Å². The summed E-state index contributed by atoms with van der Waals surface area (Å²) >= 11 is 1.90. The average Bonchev–Trinajstić information content (AvgIpc) is 2.83. The van der Waals surface area contributed by atoms with Crippen LogP contribution >= 0.6 is 11.8 Å². The minimum Gasteiger partial charge on any atom is -0.373 e. The highest BCUT2D eigenvalue weighted by Gasteiger charge is 2.31. The lowest BCUT2D eigenvalue weighted by molar-refractivity contribution is 0.0246. The van der Waals surface area contributed by atoms with Crippen LogP contribution in [-0.4, -0.2) is 35.7 Å². The van der Waals surface area contributed by atoms with Gasteiger partial charge in [-0.2, -0.15) is 0 Å². The molecule has 2 heterocycles. The van der Waals surface area contributed by atoms with Crippen LogP contribution in [0.1, 0.15) is 47.0 Å². The van der Waals surface area contributed by atoms with E-state index < -0.39 is 0 Å². The van der Waals surface area contributed by atoms with E-state index in [0.717, 1.165) is 31.3 Å². The summed E-state index contributed by atoms with van der Waals surface area (Å²) in [6.45, 7) is 11.8. The van der Waals surface area contributed by atoms with Gasteiger partial charge in [-0.1, -0.05) is 32.5 Å². The van der Waals surface area contributed by atoms with E-state index in [1.807, 2.05) is 11.8 Å². The summed E-state index contributed by atoms with van der Waals surface area (Å²) in [6, 6.07) is 0. The third kappa shape index (κ3) is 4.16. The smallest absolute Gasteiger partial charge is 0.157 e. The minimum atomic E-state index is 0.0190. The van der Waals surface area contributed by atoms with Crippen molar-refractivity contribution >= 4 is 16.9 Å². The Morgan fingerprint density at radius 2 is 2.28 bits per heavy atom. The van der Waals surface area contributed by atoms with Gasteiger partial charge < -0.3 is 10.1 Å². The molecule has 0 amide bonds. The highest BCUT2D eigenvalue weighted by atomic mass is 32.2. The van der Waals surface area contributed by atoms with Crippen LogP contribution in [0.25, 0.3) is 0 Å². The fourth-order valence-electron chi connectivity index (χ4n) is 2.54. The summed E-state index contributed by atoms with van der Waals surface area (Å²) in [5.41, 5.74) is 0.411. The molecule has 0 aromatic heterocycles. The first-order valence-electron chi connectivity index (χ1n) is 6.95. The number of aliphatic imine (C=N–C) groups is 1. The SMILES string of the molecule is CC(C)(C)CC1CN=C(NCC2(C)CCCO2)S1. The lowest BCUT2D eigenvalue weighted by atomic mass is 9.90. The van der Waals surface area contributed by atoms with E-state index in [4.69, 9.17) is 4.74 Å². The van der Waals surface area contributed by atoms with E-state index in [-0.39, 0.29) is 5.60 Å². The van der Waals surface area contributed by atoms with E-state index in [2.05, 4.69) is 38.0 Å². The van der Waals surface area contributed by atoms with Crippen LogP contribution in [0.2, 0.25) is 0 Å². The van der Waals surface area contributed by atoms with Crippen molar-refractivity contribution in [1.82, 2.24) is 5.32 Å². The van der Waals surface area contributed by atoms with Crippen LogP contribution < -0.4 is 5.32 Å². The molecule has 2 atom stereocenters. The first-order chi connectivity index (χ1) is 8.36. The number of ether oxygens (including phenoxy) is 1. The predicted molar refractivity (Wildman–Crippen MR) is 79.3 cm³/mol. The molecule has 1 N–H and O–H groups in total. The van der Waals surface area contributed by atoms with Gasteiger partial charge in [0.2, 0.25) is 0 Å². The Bertz CT molecular complexity index is 316. The maximum Gasteiger partial charge on any atom is 0.157 e. The van der Waals surface area contributed by atoms with Crippen molar-refractivity contribution in [1.29, 1.82) is 0 Å². The minimum absolute atomic E-state index is 0.0190. The molecule has 18 heavy (non-hydrogen) atoms. The Balaban J connectivity index is 1.72. The van der Waals surface area contributed by atoms with Gasteiger partial charge >= 0.3 is 0 Å². The molecule has 2 aliphatic heterocycles. The van der Waals surface area contributed by atoms with Crippen LogP contribution in [0.5, 0.6) is 0 Å². The topological polar surface area (TPSA) is 33.6 Å². The van der Waals surface area contributed by atoms with E-state index in [9.17, 15) is 0 Å². The van der Waals surface area contributed by atoms with Gasteiger partial charge in [0.05, 0.1) is 12.1 Å². The Labute approximate surface area is 115 Å². The van der Waals surface area contributed by atoms with Crippen LogP contribution in [-0.2, 0) is 4.74 Å². The second kappa shape index (κ2) is 5.41. The molecule has 1 saturated heterocycles. The predicted octanol–water partition coefficient (Wildman–Crippen LogP) is 3.05. The zero-order chi connectivity index (χ0) is 13.2. The number of amidine groups is 1. The molecule has 0 spiro atoms. The molecule has 0 bridgehead atoms. The highest BCUT2D eigenvalue weighted by Crippen LogP contribution is 2.32. The molecule has 2 unspecified atom stereocenters. The number of nitrogens with zero attached hydrogens (tertiary/aromatic N) is 1. The molecule has 1 fully saturated rings. The maximum absolute atomic E-state index is 5.78. The number of rotatable bonds is 3. The Morgan fingerprint density at radius 3 is 2.89 bits per heavy atom. The molecule has 2 rings (SSSR count). The first-order valence-corrected chi connectivity index (χ1v) is 7.83. The lowest BCUT2D eigenvalue weighted by Crippen LogP contribution is -2.39. The van der Waals surface area contributed by atoms with E-state index in [0.29, 0.717) is 10.7 Å². The van der Waals surface area contributed by atoms with Crippen LogP contribution in [0.15, 0.2) is 4.99 Å². The molecule has 0 aromatic carbocycles. The fraction of sp³-hybridized carbons (Fsp3) is 0.929. The van der Waals surface area contributed by atoms with Crippen LogP contribution in [0, 0.1) is 5.41 Å². The maximum atomic E-state index is 5.78. The molecule has 0 aromatic rings. The molecule has 4 heteroatoms. The quantitative estimate of drug-likeness (QED) is 0.856. The zero-order valence-corrected chi connectivity index (χ0v) is 12.9. The summed E-state index contributed by atoms with van der Waals surface area (Å²) in [5.74, 6) is 0. The standard InChI is InChI=1S/C14H26N2OS/c1-13(2,3)8-11-9-15-12(18-11)16-10-14(4)6-5-7-17-14/h11H,5-10H2,1-4H3,(H,15,16). The van der Waals surface area contributed by atoms with Gasteiger partial charge in [0.25, 0.3) is 0 Å². The molecule has 0 aliphatic carbocycles. The Morgan fingerprint density at radius 1 is 1.50 bits per heavy atom. The zero-order valence-electron chi connectivity index (χ0n) is 12.1. The molecule has 0 radical (unpaired) electrons. The molecular formula is C14H26N2OS. The van der Waals surface area contributed by atoms with E-state index >= 15 is 0 Å². The molecule has 2 aliphatic rings. The average molecular weight is 270 g/mol. The largest absolute Gasteiger partial charge is 0.373 e. The second-order valence-electron chi connectivity index (χ2n) is 6.91. The summed E-state index contributed by atoms with van der Waals surface area (Å²) in [7, 11) is 0.